The van der Waals surface area contributed by atoms with Gasteiger partial charge in [0.25, 0.3) is 0 Å². The quantitative estimate of drug-likeness (QED) is 0.0332. The number of aliphatic carboxylic acids is 1. The maximum absolute atomic E-state index is 13.0. The Morgan fingerprint density at radius 2 is 0.848 bits per heavy atom. The van der Waals surface area contributed by atoms with Crippen molar-refractivity contribution in [1.82, 2.24) is 42.5 Å². The number of aromatic nitrogens is 9. The van der Waals surface area contributed by atoms with Crippen molar-refractivity contribution >= 4 is 75.4 Å². The number of carboxylic acids is 1. The molecule has 0 fully saturated rings. The zero-order valence-electron chi connectivity index (χ0n) is 54.8. The fourth-order valence-corrected chi connectivity index (χ4v) is 11.6. The summed E-state index contributed by atoms with van der Waals surface area (Å²) in [5.41, 5.74) is 15.6. The third-order valence-electron chi connectivity index (χ3n) is 15.6. The summed E-state index contributed by atoms with van der Waals surface area (Å²) in [6, 6.07) is 68.9. The number of methoxy groups -OCH3 is 2. The molecule has 0 aliphatic heterocycles. The van der Waals surface area contributed by atoms with Gasteiger partial charge in [-0.3, -0.25) is 23.6 Å². The van der Waals surface area contributed by atoms with Crippen LogP contribution in [0.25, 0.3) is 77.7 Å². The fourth-order valence-electron chi connectivity index (χ4n) is 11.0. The van der Waals surface area contributed by atoms with Gasteiger partial charge in [0.15, 0.2) is 5.92 Å². The van der Waals surface area contributed by atoms with E-state index in [1.54, 1.807) is 75.3 Å². The van der Waals surface area contributed by atoms with Crippen LogP contribution in [0.3, 0.4) is 0 Å². The molecule has 0 bridgehead atoms. The summed E-state index contributed by atoms with van der Waals surface area (Å²) in [5, 5.41) is 10.3. The first kappa shape index (κ1) is 70.0. The van der Waals surface area contributed by atoms with Crippen LogP contribution in [0.1, 0.15) is 55.9 Å². The molecule has 1 unspecified atom stereocenters. The predicted octanol–water partition coefficient (Wildman–Crippen LogP) is 16.1. The summed E-state index contributed by atoms with van der Waals surface area (Å²) >= 11 is 12.5. The number of benzene rings is 5. The number of carboxylic acid groups (broad SMARTS) is 1. The Labute approximate surface area is 581 Å². The minimum absolute atomic E-state index is 0.0298. The van der Waals surface area contributed by atoms with Gasteiger partial charge in [0.1, 0.15) is 28.5 Å². The van der Waals surface area contributed by atoms with E-state index in [0.29, 0.717) is 28.8 Å². The molecular weight excluding hydrogens is 1290 g/mol. The third-order valence-corrected chi connectivity index (χ3v) is 16.3. The van der Waals surface area contributed by atoms with Crippen LogP contribution in [0.15, 0.2) is 262 Å². The van der Waals surface area contributed by atoms with Gasteiger partial charge in [-0.05, 0) is 97.5 Å². The number of ether oxygens (including phenoxy) is 3. The highest BCUT2D eigenvalue weighted by molar-refractivity contribution is 6.32. The van der Waals surface area contributed by atoms with E-state index in [4.69, 9.17) is 42.5 Å². The number of fused-ring (bicyclic) bond motifs is 4. The summed E-state index contributed by atoms with van der Waals surface area (Å²) in [6.07, 6.45) is 15.8. The van der Waals surface area contributed by atoms with Crippen LogP contribution >= 0.6 is 23.2 Å². The normalized spacial score (nSPS) is 11.1. The fraction of sp³-hybridized carbons (Fsp3) is 0.139. The van der Waals surface area contributed by atoms with E-state index in [9.17, 15) is 24.0 Å². The molecule has 0 radical (unpaired) electrons. The molecule has 18 nitrogen and oxygen atoms in total. The maximum atomic E-state index is 13.0. The van der Waals surface area contributed by atoms with Crippen molar-refractivity contribution in [1.29, 1.82) is 0 Å². The van der Waals surface area contributed by atoms with Gasteiger partial charge < -0.3 is 37.3 Å². The molecule has 498 valence electrons. The lowest BCUT2D eigenvalue weighted by Gasteiger charge is -2.25. The average molecular weight is 1360 g/mol. The van der Waals surface area contributed by atoms with E-state index in [1.165, 1.54) is 14.2 Å². The number of pyridine rings is 5. The lowest BCUT2D eigenvalue weighted by atomic mass is 9.94. The van der Waals surface area contributed by atoms with Crippen molar-refractivity contribution in [3.8, 4) is 55.6 Å². The zero-order chi connectivity index (χ0) is 69.8. The van der Waals surface area contributed by atoms with Gasteiger partial charge in [0.05, 0.1) is 98.6 Å². The molecule has 1 N–H and O–H groups in total. The Hall–Kier alpha value is -11.9. The minimum Gasteiger partial charge on any atom is -0.481 e. The van der Waals surface area contributed by atoms with E-state index in [-0.39, 0.29) is 18.8 Å². The second-order valence-corrected chi connectivity index (χ2v) is 24.0. The molecular formula is C79H69Cl2N9O9. The summed E-state index contributed by atoms with van der Waals surface area (Å²) in [6.45, 7) is 5.28. The molecule has 0 spiro atoms. The molecule has 0 saturated heterocycles. The van der Waals surface area contributed by atoms with Gasteiger partial charge in [-0.15, -0.1) is 0 Å². The highest BCUT2D eigenvalue weighted by atomic mass is 35.5. The maximum Gasteiger partial charge on any atom is 0.327 e. The number of esters is 3. The second-order valence-electron chi connectivity index (χ2n) is 23.3. The van der Waals surface area contributed by atoms with E-state index in [0.717, 1.165) is 101 Å². The highest BCUT2D eigenvalue weighted by Crippen LogP contribution is 2.35. The lowest BCUT2D eigenvalue weighted by Crippen LogP contribution is -2.33. The topological polar surface area (TPSA) is 215 Å². The molecule has 0 amide bonds. The Morgan fingerprint density at radius 1 is 0.465 bits per heavy atom. The van der Waals surface area contributed by atoms with Crippen LogP contribution in [-0.4, -0.2) is 97.6 Å². The zero-order valence-corrected chi connectivity index (χ0v) is 56.3. The van der Waals surface area contributed by atoms with Crippen LogP contribution in [-0.2, 0) is 57.4 Å². The van der Waals surface area contributed by atoms with Crippen molar-refractivity contribution in [2.24, 2.45) is 0 Å². The second kappa shape index (κ2) is 33.2. The van der Waals surface area contributed by atoms with Gasteiger partial charge in [-0.2, -0.15) is 0 Å². The smallest absolute Gasteiger partial charge is 0.327 e. The molecule has 0 saturated carbocycles. The van der Waals surface area contributed by atoms with Crippen LogP contribution in [0.4, 0.5) is 0 Å². The number of carbonyl (C=O) groups excluding carboxylic acids is 4. The first-order valence-corrected chi connectivity index (χ1v) is 32.2. The van der Waals surface area contributed by atoms with Crippen molar-refractivity contribution in [3.05, 3.63) is 296 Å². The number of halogens is 2. The van der Waals surface area contributed by atoms with Crippen molar-refractivity contribution in [3.63, 3.8) is 0 Å². The van der Waals surface area contributed by atoms with E-state index < -0.39 is 29.4 Å². The molecule has 14 rings (SSSR count). The van der Waals surface area contributed by atoms with Gasteiger partial charge in [-0.1, -0.05) is 193 Å². The van der Waals surface area contributed by atoms with E-state index >= 15 is 0 Å². The largest absolute Gasteiger partial charge is 0.481 e. The molecule has 14 aromatic rings. The summed E-state index contributed by atoms with van der Waals surface area (Å²) in [7, 11) is 2.66. The van der Waals surface area contributed by atoms with Crippen LogP contribution < -0.4 is 0 Å². The summed E-state index contributed by atoms with van der Waals surface area (Å²) < 4.78 is 22.6. The number of nitrogens with zero attached hydrogens (tertiary/aromatic N) is 9. The van der Waals surface area contributed by atoms with Crippen molar-refractivity contribution in [2.75, 3.05) is 14.2 Å². The Morgan fingerprint density at radius 3 is 1.28 bits per heavy atom. The average Bonchev–Trinajstić information content (AvgIpc) is 1.22. The first-order valence-electron chi connectivity index (χ1n) is 31.4. The Balaban J connectivity index is 0.000000136. The van der Waals surface area contributed by atoms with Crippen LogP contribution in [0.2, 0.25) is 10.3 Å². The van der Waals surface area contributed by atoms with Gasteiger partial charge in [0.2, 0.25) is 0 Å². The molecule has 1 atom stereocenters. The van der Waals surface area contributed by atoms with Crippen molar-refractivity contribution in [2.45, 2.75) is 58.0 Å². The molecule has 9 aromatic heterocycles. The minimum atomic E-state index is -1.23. The number of aryl methyl sites for hydroxylation is 1. The number of rotatable bonds is 15. The monoisotopic (exact) mass is 1360 g/mol. The molecule has 9 heterocycles. The standard InChI is InChI=1S/C21H22N2O4.C16H14N2O2.C15H12N2O2.C14H12ClNO.C13H9ClN2/c1-21(2,3)27-20(25)17(19(24)26-4)18-16(14-8-6-5-7-9-14)11-10-15-12-22-13-23(15)18;1-20-16(19)9-15-14(12-5-3-2-4-6-12)8-7-13-10-17-11-18(13)15;18-15(19)8-14-13(11-4-2-1-3-5-11)7-6-12-9-16-10-17(12)14;15-14-13(11-5-2-1-3-6-11)9-8-12(16-14)7-4-10-17;14-13-12(10-4-2-1-3-5-10)7-6-11-8-15-9-16(11)13/h5-13,17H,1-4H3;2-8,10-11H,9H2,1H3;1-7,9-10H,8H2,(H,18,19);1-3,5-6,8-10H,4,7H2;1-9H. The summed E-state index contributed by atoms with van der Waals surface area (Å²) in [5.74, 6) is -3.68. The molecule has 20 heteroatoms. The van der Waals surface area contributed by atoms with E-state index in [1.807, 2.05) is 226 Å². The van der Waals surface area contributed by atoms with Crippen molar-refractivity contribution < 1.29 is 43.3 Å². The van der Waals surface area contributed by atoms with Crippen LogP contribution in [0.5, 0.6) is 0 Å². The first-order chi connectivity index (χ1) is 48.0. The highest BCUT2D eigenvalue weighted by Gasteiger charge is 2.37. The van der Waals surface area contributed by atoms with Gasteiger partial charge in [-0.25, -0.2) is 24.9 Å². The number of imidazole rings is 4. The number of carbonyl (C=O) groups is 5. The number of aldehydes is 1. The van der Waals surface area contributed by atoms with Gasteiger partial charge >= 0.3 is 23.9 Å². The molecule has 5 aromatic carbocycles. The van der Waals surface area contributed by atoms with Crippen LogP contribution in [0, 0.1) is 0 Å². The number of hydrogen-bond donors (Lipinski definition) is 1. The predicted molar refractivity (Wildman–Crippen MR) is 384 cm³/mol. The molecule has 0 aliphatic rings. The molecule has 99 heavy (non-hydrogen) atoms. The third kappa shape index (κ3) is 17.6. The Bertz CT molecular complexity index is 5060. The SMILES string of the molecule is COC(=O)C(C(=O)OC(C)(C)C)c1c(-c2ccccc2)ccc2cncn12.COC(=O)Cc1c(-c2ccccc2)ccc2cncn12.Clc1c(-c2ccccc2)ccc2cncn12.O=C(O)Cc1c(-c2ccccc2)ccc2cncn12.O=CCCc1ccc(-c2ccccc2)c(Cl)n1. The number of hydrogen-bond acceptors (Lipinski definition) is 13. The molecule has 0 aliphatic carbocycles. The Kier molecular flexibility index (Phi) is 23.5. The van der Waals surface area contributed by atoms with E-state index in [2.05, 4.69) is 24.9 Å². The summed E-state index contributed by atoms with van der Waals surface area (Å²) in [4.78, 5) is 79.4. The van der Waals surface area contributed by atoms with Gasteiger partial charge in [0, 0.05) is 51.3 Å². The lowest BCUT2D eigenvalue weighted by molar-refractivity contribution is -0.163.